The van der Waals surface area contributed by atoms with Gasteiger partial charge < -0.3 is 38.7 Å². The van der Waals surface area contributed by atoms with Gasteiger partial charge in [0, 0.05) is 13.2 Å². The summed E-state index contributed by atoms with van der Waals surface area (Å²) in [6.45, 7) is 10.7. The topological polar surface area (TPSA) is 117 Å². The average molecular weight is 362 g/mol. The van der Waals surface area contributed by atoms with E-state index < -0.39 is 36.7 Å². The van der Waals surface area contributed by atoms with Crippen LogP contribution in [-0.2, 0) is 28.5 Å². The maximum atomic E-state index is 10.1. The van der Waals surface area contributed by atoms with Gasteiger partial charge in [-0.15, -0.1) is 0 Å². The molecule has 0 saturated heterocycles. The van der Waals surface area contributed by atoms with Crippen LogP contribution in [0.3, 0.4) is 0 Å². The Balaban J connectivity index is -0.000000333. The van der Waals surface area contributed by atoms with E-state index in [2.05, 4.69) is 0 Å². The van der Waals surface area contributed by atoms with Gasteiger partial charge in [0.15, 0.2) is 12.6 Å². The maximum absolute atomic E-state index is 10.1. The monoisotopic (exact) mass is 362 g/mol. The van der Waals surface area contributed by atoms with E-state index in [4.69, 9.17) is 18.9 Å². The van der Waals surface area contributed by atoms with Crippen molar-refractivity contribution in [1.82, 2.24) is 0 Å². The first-order valence-corrected chi connectivity index (χ1v) is 7.11. The molecule has 0 aliphatic rings. The van der Waals surface area contributed by atoms with Crippen molar-refractivity contribution in [3.05, 3.63) is 0 Å². The standard InChI is InChI=1S/2C7H14O4.Ca/c2*1-4-10-6(3)11-5(2)7(8)9;/h2*5-6H,4H2,1-3H3,(H,8,9);/q;;+2/p-2. The predicted octanol–water partition coefficient (Wildman–Crippen LogP) is -1.33. The summed E-state index contributed by atoms with van der Waals surface area (Å²) in [5.41, 5.74) is 0. The third-order valence-corrected chi connectivity index (χ3v) is 2.26. The molecular weight excluding hydrogens is 336 g/mol. The van der Waals surface area contributed by atoms with Crippen LogP contribution < -0.4 is 10.2 Å². The van der Waals surface area contributed by atoms with Crippen molar-refractivity contribution in [2.75, 3.05) is 13.2 Å². The van der Waals surface area contributed by atoms with E-state index in [-0.39, 0.29) is 37.7 Å². The van der Waals surface area contributed by atoms with Crippen molar-refractivity contribution in [2.24, 2.45) is 0 Å². The molecule has 0 aliphatic heterocycles. The number of carboxylic acids is 2. The number of aliphatic carboxylic acids is 2. The van der Waals surface area contributed by atoms with Crippen LogP contribution in [0, 0.1) is 0 Å². The van der Waals surface area contributed by atoms with Crippen LogP contribution in [0.1, 0.15) is 41.5 Å². The van der Waals surface area contributed by atoms with E-state index in [0.717, 1.165) is 0 Å². The molecule has 0 N–H and O–H groups in total. The third kappa shape index (κ3) is 18.2. The third-order valence-electron chi connectivity index (χ3n) is 2.26. The van der Waals surface area contributed by atoms with E-state index in [0.29, 0.717) is 13.2 Å². The smallest absolute Gasteiger partial charge is 0.547 e. The minimum absolute atomic E-state index is 0. The van der Waals surface area contributed by atoms with Crippen LogP contribution in [0.4, 0.5) is 0 Å². The van der Waals surface area contributed by atoms with E-state index in [9.17, 15) is 19.8 Å². The molecule has 8 nitrogen and oxygen atoms in total. The van der Waals surface area contributed by atoms with Crippen LogP contribution in [0.5, 0.6) is 0 Å². The van der Waals surface area contributed by atoms with Crippen molar-refractivity contribution < 1.29 is 38.7 Å². The quantitative estimate of drug-likeness (QED) is 0.346. The van der Waals surface area contributed by atoms with E-state index in [1.54, 1.807) is 13.8 Å². The number of hydrogen-bond acceptors (Lipinski definition) is 8. The van der Waals surface area contributed by atoms with Crippen LogP contribution in [-0.4, -0.2) is 87.7 Å². The van der Waals surface area contributed by atoms with Gasteiger partial charge in [-0.25, -0.2) is 0 Å². The molecule has 132 valence electrons. The number of rotatable bonds is 10. The van der Waals surface area contributed by atoms with Gasteiger partial charge in [-0.2, -0.15) is 0 Å². The van der Waals surface area contributed by atoms with Crippen LogP contribution in [0.25, 0.3) is 0 Å². The zero-order valence-corrected chi connectivity index (χ0v) is 16.9. The van der Waals surface area contributed by atoms with Gasteiger partial charge >= 0.3 is 37.7 Å². The number of carbonyl (C=O) groups is 2. The number of hydrogen-bond donors (Lipinski definition) is 0. The molecule has 0 bridgehead atoms. The molecule has 23 heavy (non-hydrogen) atoms. The Morgan fingerprint density at radius 1 is 0.783 bits per heavy atom. The summed E-state index contributed by atoms with van der Waals surface area (Å²) in [6.07, 6.45) is -2.83. The van der Waals surface area contributed by atoms with Gasteiger partial charge in [0.1, 0.15) is 0 Å². The first-order chi connectivity index (χ1) is 10.1. The van der Waals surface area contributed by atoms with Gasteiger partial charge in [0.25, 0.3) is 0 Å². The van der Waals surface area contributed by atoms with Gasteiger partial charge in [-0.1, -0.05) is 0 Å². The molecule has 0 heterocycles. The average Bonchev–Trinajstić information content (AvgIpc) is 2.39. The van der Waals surface area contributed by atoms with Gasteiger partial charge in [-0.3, -0.25) is 0 Å². The Morgan fingerprint density at radius 3 is 1.22 bits per heavy atom. The molecule has 0 fully saturated rings. The molecule has 9 heteroatoms. The summed E-state index contributed by atoms with van der Waals surface area (Å²) in [7, 11) is 0. The molecule has 0 aromatic rings. The molecule has 0 aromatic heterocycles. The Kier molecular flexibility index (Phi) is 20.5. The second kappa shape index (κ2) is 16.9. The zero-order valence-electron chi connectivity index (χ0n) is 14.7. The fourth-order valence-corrected chi connectivity index (χ4v) is 1.23. The molecule has 0 radical (unpaired) electrons. The van der Waals surface area contributed by atoms with Crippen molar-refractivity contribution in [3.63, 3.8) is 0 Å². The summed E-state index contributed by atoms with van der Waals surface area (Å²) in [5, 5.41) is 20.3. The second-order valence-electron chi connectivity index (χ2n) is 4.24. The second-order valence-corrected chi connectivity index (χ2v) is 4.24. The van der Waals surface area contributed by atoms with E-state index in [1.165, 1.54) is 13.8 Å². The Morgan fingerprint density at radius 2 is 1.04 bits per heavy atom. The van der Waals surface area contributed by atoms with Crippen LogP contribution in [0.15, 0.2) is 0 Å². The minimum Gasteiger partial charge on any atom is -0.547 e. The first kappa shape index (κ1) is 27.9. The summed E-state index contributed by atoms with van der Waals surface area (Å²) >= 11 is 0. The Hall–Kier alpha value is 0.0397. The van der Waals surface area contributed by atoms with Crippen molar-refractivity contribution in [1.29, 1.82) is 0 Å². The molecule has 0 saturated carbocycles. The maximum Gasteiger partial charge on any atom is 2.00 e. The van der Waals surface area contributed by atoms with Gasteiger partial charge in [0.05, 0.1) is 24.1 Å². The molecule has 0 rings (SSSR count). The van der Waals surface area contributed by atoms with Crippen molar-refractivity contribution >= 4 is 49.7 Å². The largest absolute Gasteiger partial charge is 2.00 e. The number of ether oxygens (including phenoxy) is 4. The Bertz CT molecular complexity index is 283. The van der Waals surface area contributed by atoms with Crippen LogP contribution in [0.2, 0.25) is 0 Å². The fraction of sp³-hybridized carbons (Fsp3) is 0.857. The first-order valence-electron chi connectivity index (χ1n) is 7.11. The summed E-state index contributed by atoms with van der Waals surface area (Å²) in [6, 6.07) is 0. The van der Waals surface area contributed by atoms with Gasteiger partial charge in [-0.05, 0) is 41.5 Å². The van der Waals surface area contributed by atoms with Gasteiger partial charge in [0.2, 0.25) is 0 Å². The predicted molar refractivity (Wildman–Crippen MR) is 79.0 cm³/mol. The summed E-state index contributed by atoms with van der Waals surface area (Å²) in [5.74, 6) is -2.45. The molecule has 4 atom stereocenters. The summed E-state index contributed by atoms with van der Waals surface area (Å²) < 4.78 is 19.6. The SMILES string of the molecule is CCOC(C)OC(C)C(=O)[O-].CCOC(C)OC(C)C(=O)[O-].[Ca+2]. The zero-order chi connectivity index (χ0) is 17.7. The Labute approximate surface area is 167 Å². The minimum atomic E-state index is -1.23. The van der Waals surface area contributed by atoms with E-state index in [1.807, 2.05) is 13.8 Å². The molecule has 0 spiro atoms. The van der Waals surface area contributed by atoms with Crippen LogP contribution >= 0.6 is 0 Å². The van der Waals surface area contributed by atoms with E-state index >= 15 is 0 Å². The number of carboxylic acid groups (broad SMARTS) is 2. The van der Waals surface area contributed by atoms with Crippen molar-refractivity contribution in [3.8, 4) is 0 Å². The van der Waals surface area contributed by atoms with Crippen molar-refractivity contribution in [2.45, 2.75) is 66.3 Å². The summed E-state index contributed by atoms with van der Waals surface area (Å²) in [4.78, 5) is 20.3. The molecule has 0 aliphatic carbocycles. The molecular formula is C14H26CaO8. The molecule has 0 aromatic carbocycles. The molecule has 4 unspecified atom stereocenters. The fourth-order valence-electron chi connectivity index (χ4n) is 1.23. The normalized spacial score (nSPS) is 15.2. The molecule has 0 amide bonds. The number of carbonyl (C=O) groups excluding carboxylic acids is 2.